The van der Waals surface area contributed by atoms with E-state index in [1.54, 1.807) is 0 Å². The normalized spacial score (nSPS) is 10.5. The largest absolute Gasteiger partial charge is 0.545 e. The van der Waals surface area contributed by atoms with Crippen LogP contribution in [0.2, 0.25) is 0 Å². The standard InChI is InChI=1S/C16H14N4O8/c1-27-13-6-3-9(14(16(21)22)15(13)28-2)8-17-18-11-5-4-10(19(23)24)7-12(11)20(25)26/h3-8,18H,1-2H3,(H,21,22)/p-1/b17-8-. The maximum atomic E-state index is 11.5. The Labute approximate surface area is 157 Å². The van der Waals surface area contributed by atoms with Gasteiger partial charge in [0.1, 0.15) is 5.69 Å². The molecule has 2 aromatic rings. The van der Waals surface area contributed by atoms with Crippen LogP contribution in [0.1, 0.15) is 15.9 Å². The summed E-state index contributed by atoms with van der Waals surface area (Å²) in [7, 11) is 2.59. The number of methoxy groups -OCH3 is 2. The SMILES string of the molecule is COc1ccc(/C=N\Nc2ccc([N+](=O)[O-])cc2[N+](=O)[O-])c(C(=O)[O-])c1OC. The van der Waals surface area contributed by atoms with E-state index in [1.807, 2.05) is 0 Å². The molecule has 0 heterocycles. The smallest absolute Gasteiger partial charge is 0.301 e. The molecule has 0 saturated heterocycles. The van der Waals surface area contributed by atoms with Gasteiger partial charge in [-0.1, -0.05) is 0 Å². The van der Waals surface area contributed by atoms with Gasteiger partial charge in [0, 0.05) is 11.6 Å². The minimum Gasteiger partial charge on any atom is -0.545 e. The van der Waals surface area contributed by atoms with E-state index in [0.717, 1.165) is 24.4 Å². The molecule has 0 amide bonds. The Hall–Kier alpha value is -4.22. The minimum atomic E-state index is -1.54. The van der Waals surface area contributed by atoms with Gasteiger partial charge in [0.05, 0.1) is 47.9 Å². The second-order valence-corrected chi connectivity index (χ2v) is 5.14. The Kier molecular flexibility index (Phi) is 6.06. The highest BCUT2D eigenvalue weighted by atomic mass is 16.6. The molecule has 0 aliphatic carbocycles. The molecule has 0 atom stereocenters. The molecule has 0 saturated carbocycles. The summed E-state index contributed by atoms with van der Waals surface area (Å²) in [6.07, 6.45) is 1.08. The number of carbonyl (C=O) groups is 1. The fraction of sp³-hybridized carbons (Fsp3) is 0.125. The molecule has 146 valence electrons. The van der Waals surface area contributed by atoms with Crippen molar-refractivity contribution >= 4 is 29.2 Å². The summed E-state index contributed by atoms with van der Waals surface area (Å²) in [5.41, 5.74) is 0.960. The monoisotopic (exact) mass is 389 g/mol. The predicted molar refractivity (Wildman–Crippen MR) is 94.8 cm³/mol. The number of nitro groups is 2. The highest BCUT2D eigenvalue weighted by Crippen LogP contribution is 2.33. The number of hydrazone groups is 1. The lowest BCUT2D eigenvalue weighted by Crippen LogP contribution is -2.25. The first-order valence-electron chi connectivity index (χ1n) is 7.48. The second-order valence-electron chi connectivity index (χ2n) is 5.14. The molecule has 0 spiro atoms. The number of hydrogen-bond donors (Lipinski definition) is 1. The molecule has 2 aromatic carbocycles. The zero-order valence-corrected chi connectivity index (χ0v) is 14.6. The van der Waals surface area contributed by atoms with Crippen molar-refractivity contribution in [2.75, 3.05) is 19.6 Å². The third-order valence-corrected chi connectivity index (χ3v) is 3.56. The van der Waals surface area contributed by atoms with E-state index >= 15 is 0 Å². The third-order valence-electron chi connectivity index (χ3n) is 3.56. The lowest BCUT2D eigenvalue weighted by atomic mass is 10.1. The lowest BCUT2D eigenvalue weighted by Gasteiger charge is -2.15. The summed E-state index contributed by atoms with van der Waals surface area (Å²) in [5, 5.41) is 37.1. The average Bonchev–Trinajstić information content (AvgIpc) is 2.66. The first-order valence-corrected chi connectivity index (χ1v) is 7.48. The maximum Gasteiger partial charge on any atom is 0.301 e. The fourth-order valence-electron chi connectivity index (χ4n) is 2.31. The van der Waals surface area contributed by atoms with E-state index in [4.69, 9.17) is 9.47 Å². The van der Waals surface area contributed by atoms with Crippen LogP contribution < -0.4 is 20.0 Å². The quantitative estimate of drug-likeness (QED) is 0.397. The summed E-state index contributed by atoms with van der Waals surface area (Å²) in [6.45, 7) is 0. The molecule has 0 aliphatic heterocycles. The van der Waals surface area contributed by atoms with Crippen LogP contribution >= 0.6 is 0 Å². The summed E-state index contributed by atoms with van der Waals surface area (Å²) in [5.74, 6) is -1.45. The predicted octanol–water partition coefficient (Wildman–Crippen LogP) is 1.33. The molecule has 0 aromatic heterocycles. The van der Waals surface area contributed by atoms with Crippen molar-refractivity contribution in [3.8, 4) is 11.5 Å². The number of aromatic carboxylic acids is 1. The Balaban J connectivity index is 2.39. The third kappa shape index (κ3) is 4.12. The van der Waals surface area contributed by atoms with Gasteiger partial charge in [-0.05, 0) is 18.2 Å². The fourth-order valence-corrected chi connectivity index (χ4v) is 2.31. The highest BCUT2D eigenvalue weighted by Gasteiger charge is 2.19. The van der Waals surface area contributed by atoms with Crippen LogP contribution in [0, 0.1) is 20.2 Å². The first kappa shape index (κ1) is 20.1. The van der Waals surface area contributed by atoms with E-state index in [-0.39, 0.29) is 28.3 Å². The molecule has 0 aliphatic rings. The van der Waals surface area contributed by atoms with Crippen molar-refractivity contribution in [2.24, 2.45) is 5.10 Å². The van der Waals surface area contributed by atoms with E-state index in [0.29, 0.717) is 0 Å². The first-order chi connectivity index (χ1) is 13.3. The number of hydrogen-bond acceptors (Lipinski definition) is 10. The average molecular weight is 389 g/mol. The van der Waals surface area contributed by atoms with Gasteiger partial charge in [-0.15, -0.1) is 0 Å². The van der Waals surface area contributed by atoms with Crippen LogP contribution in [0.3, 0.4) is 0 Å². The molecule has 0 fully saturated rings. The number of non-ortho nitro benzene ring substituents is 1. The number of carboxylic acid groups (broad SMARTS) is 1. The summed E-state index contributed by atoms with van der Waals surface area (Å²) in [4.78, 5) is 31.7. The molecule has 1 N–H and O–H groups in total. The number of carboxylic acids is 1. The lowest BCUT2D eigenvalue weighted by molar-refractivity contribution is -0.393. The number of ether oxygens (including phenoxy) is 2. The van der Waals surface area contributed by atoms with Gasteiger partial charge in [0.2, 0.25) is 0 Å². The van der Waals surface area contributed by atoms with Gasteiger partial charge in [-0.2, -0.15) is 5.10 Å². The topological polar surface area (TPSA) is 169 Å². The second kappa shape index (κ2) is 8.44. The van der Waals surface area contributed by atoms with Crippen LogP contribution in [0.5, 0.6) is 11.5 Å². The Bertz CT molecular complexity index is 973. The van der Waals surface area contributed by atoms with E-state index in [9.17, 15) is 30.1 Å². The number of nitrogens with zero attached hydrogens (tertiary/aromatic N) is 3. The van der Waals surface area contributed by atoms with E-state index in [1.165, 1.54) is 26.4 Å². The van der Waals surface area contributed by atoms with Gasteiger partial charge in [0.15, 0.2) is 11.5 Å². The Morgan fingerprint density at radius 1 is 1.11 bits per heavy atom. The van der Waals surface area contributed by atoms with Crippen molar-refractivity contribution in [3.05, 3.63) is 61.7 Å². The molecule has 12 heteroatoms. The van der Waals surface area contributed by atoms with Crippen molar-refractivity contribution < 1.29 is 29.2 Å². The van der Waals surface area contributed by atoms with Crippen molar-refractivity contribution in [3.63, 3.8) is 0 Å². The zero-order chi connectivity index (χ0) is 20.8. The van der Waals surface area contributed by atoms with Crippen molar-refractivity contribution in [1.82, 2.24) is 0 Å². The molecular weight excluding hydrogens is 376 g/mol. The zero-order valence-electron chi connectivity index (χ0n) is 14.6. The minimum absolute atomic E-state index is 0.0761. The van der Waals surface area contributed by atoms with Gasteiger partial charge < -0.3 is 19.4 Å². The summed E-state index contributed by atoms with van der Waals surface area (Å²) >= 11 is 0. The van der Waals surface area contributed by atoms with E-state index < -0.39 is 27.2 Å². The Morgan fingerprint density at radius 3 is 2.36 bits per heavy atom. The molecule has 2 rings (SSSR count). The number of carbonyl (C=O) groups excluding carboxylic acids is 1. The van der Waals surface area contributed by atoms with Crippen LogP contribution in [-0.4, -0.2) is 36.3 Å². The molecule has 0 radical (unpaired) electrons. The van der Waals surface area contributed by atoms with Gasteiger partial charge in [-0.3, -0.25) is 25.7 Å². The number of benzene rings is 2. The molecule has 28 heavy (non-hydrogen) atoms. The maximum absolute atomic E-state index is 11.5. The molecule has 0 unspecified atom stereocenters. The number of rotatable bonds is 8. The summed E-state index contributed by atoms with van der Waals surface area (Å²) in [6, 6.07) is 5.78. The molecular formula is C16H13N4O8-. The molecule has 12 nitrogen and oxygen atoms in total. The number of nitro benzene ring substituents is 2. The van der Waals surface area contributed by atoms with Gasteiger partial charge in [0.25, 0.3) is 5.69 Å². The van der Waals surface area contributed by atoms with Crippen LogP contribution in [0.4, 0.5) is 17.1 Å². The molecule has 0 bridgehead atoms. The van der Waals surface area contributed by atoms with Crippen molar-refractivity contribution in [1.29, 1.82) is 0 Å². The highest BCUT2D eigenvalue weighted by molar-refractivity contribution is 6.01. The van der Waals surface area contributed by atoms with Crippen molar-refractivity contribution in [2.45, 2.75) is 0 Å². The Morgan fingerprint density at radius 2 is 1.82 bits per heavy atom. The van der Waals surface area contributed by atoms with Gasteiger partial charge in [-0.25, -0.2) is 0 Å². The van der Waals surface area contributed by atoms with E-state index in [2.05, 4.69) is 10.5 Å². The van der Waals surface area contributed by atoms with Crippen LogP contribution in [0.15, 0.2) is 35.4 Å². The summed E-state index contributed by atoms with van der Waals surface area (Å²) < 4.78 is 10.1. The number of anilines is 1. The van der Waals surface area contributed by atoms with Crippen LogP contribution in [-0.2, 0) is 0 Å². The van der Waals surface area contributed by atoms with Crippen LogP contribution in [0.25, 0.3) is 0 Å². The number of nitrogens with one attached hydrogen (secondary N) is 1. The van der Waals surface area contributed by atoms with Gasteiger partial charge >= 0.3 is 5.69 Å².